The molecule has 4 heteroatoms. The summed E-state index contributed by atoms with van der Waals surface area (Å²) in [6.45, 7) is 2.05. The van der Waals surface area contributed by atoms with Crippen molar-refractivity contribution in [2.24, 2.45) is 11.1 Å². The standard InChI is InChI=1S/C19H28N2O2/c20-14-19(9-4-1-5-10-19)12-18(22)21-13-15-8-11-23-17-7-3-2-6-16(15)17/h2-3,6-7,15H,1,4-5,8-14,20H2,(H,21,22). The Balaban J connectivity index is 1.55. The number of rotatable bonds is 5. The quantitative estimate of drug-likeness (QED) is 0.878. The number of nitrogens with two attached hydrogens (primary N) is 1. The Morgan fingerprint density at radius 1 is 1.26 bits per heavy atom. The normalized spacial score (nSPS) is 22.7. The van der Waals surface area contributed by atoms with Crippen LogP contribution in [0.1, 0.15) is 56.4 Å². The van der Waals surface area contributed by atoms with Gasteiger partial charge >= 0.3 is 0 Å². The van der Waals surface area contributed by atoms with Gasteiger partial charge in [0.05, 0.1) is 6.61 Å². The van der Waals surface area contributed by atoms with Crippen LogP contribution in [0.25, 0.3) is 0 Å². The van der Waals surface area contributed by atoms with Gasteiger partial charge in [0.2, 0.25) is 5.91 Å². The van der Waals surface area contributed by atoms with E-state index in [0.29, 0.717) is 25.4 Å². The first-order valence-corrected chi connectivity index (χ1v) is 8.91. The van der Waals surface area contributed by atoms with E-state index in [1.165, 1.54) is 24.8 Å². The van der Waals surface area contributed by atoms with Gasteiger partial charge in [-0.25, -0.2) is 0 Å². The van der Waals surface area contributed by atoms with E-state index in [1.54, 1.807) is 0 Å². The Bertz CT molecular complexity index is 538. The first-order valence-electron chi connectivity index (χ1n) is 8.91. The van der Waals surface area contributed by atoms with Crippen LogP contribution in [0.15, 0.2) is 24.3 Å². The molecule has 1 aromatic rings. The lowest BCUT2D eigenvalue weighted by molar-refractivity contribution is -0.124. The molecule has 1 heterocycles. The van der Waals surface area contributed by atoms with E-state index in [-0.39, 0.29) is 11.3 Å². The van der Waals surface area contributed by atoms with Gasteiger partial charge in [0, 0.05) is 18.9 Å². The Morgan fingerprint density at radius 2 is 2.04 bits per heavy atom. The summed E-state index contributed by atoms with van der Waals surface area (Å²) in [7, 11) is 0. The number of ether oxygens (including phenoxy) is 1. The molecule has 23 heavy (non-hydrogen) atoms. The minimum atomic E-state index is 0.0376. The van der Waals surface area contributed by atoms with E-state index in [0.717, 1.165) is 31.6 Å². The number of benzene rings is 1. The first kappa shape index (κ1) is 16.3. The minimum absolute atomic E-state index is 0.0376. The van der Waals surface area contributed by atoms with Crippen LogP contribution >= 0.6 is 0 Å². The Labute approximate surface area is 138 Å². The number of hydrogen-bond donors (Lipinski definition) is 2. The van der Waals surface area contributed by atoms with Gasteiger partial charge in [-0.2, -0.15) is 0 Å². The second-order valence-corrected chi connectivity index (χ2v) is 7.12. The molecule has 2 aliphatic rings. The van der Waals surface area contributed by atoms with Crippen LogP contribution in [0, 0.1) is 5.41 Å². The number of fused-ring (bicyclic) bond motifs is 1. The molecule has 3 rings (SSSR count). The third-order valence-corrected chi connectivity index (χ3v) is 5.51. The molecule has 1 aliphatic carbocycles. The molecule has 0 bridgehead atoms. The summed E-state index contributed by atoms with van der Waals surface area (Å²) in [4.78, 5) is 12.4. The summed E-state index contributed by atoms with van der Waals surface area (Å²) in [5.41, 5.74) is 7.24. The van der Waals surface area contributed by atoms with Gasteiger partial charge in [-0.15, -0.1) is 0 Å². The zero-order chi connectivity index (χ0) is 16.1. The molecule has 1 aromatic carbocycles. The van der Waals surface area contributed by atoms with E-state index in [4.69, 9.17) is 10.5 Å². The summed E-state index contributed by atoms with van der Waals surface area (Å²) >= 11 is 0. The molecule has 0 saturated heterocycles. The van der Waals surface area contributed by atoms with E-state index >= 15 is 0 Å². The maximum Gasteiger partial charge on any atom is 0.220 e. The van der Waals surface area contributed by atoms with Crippen molar-refractivity contribution in [3.63, 3.8) is 0 Å². The summed E-state index contributed by atoms with van der Waals surface area (Å²) in [5.74, 6) is 1.47. The van der Waals surface area contributed by atoms with E-state index in [2.05, 4.69) is 11.4 Å². The Hall–Kier alpha value is -1.55. The Kier molecular flexibility index (Phi) is 5.21. The molecular weight excluding hydrogens is 288 g/mol. The number of nitrogens with one attached hydrogen (secondary N) is 1. The first-order chi connectivity index (χ1) is 11.2. The molecule has 1 amide bonds. The van der Waals surface area contributed by atoms with E-state index < -0.39 is 0 Å². The van der Waals surface area contributed by atoms with E-state index in [1.807, 2.05) is 18.2 Å². The summed E-state index contributed by atoms with van der Waals surface area (Å²) in [6, 6.07) is 8.14. The van der Waals surface area contributed by atoms with Crippen molar-refractivity contribution in [3.8, 4) is 5.75 Å². The molecule has 1 aliphatic heterocycles. The summed E-state index contributed by atoms with van der Waals surface area (Å²) < 4.78 is 5.69. The molecule has 1 saturated carbocycles. The number of carbonyl (C=O) groups excluding carboxylic acids is 1. The fourth-order valence-electron chi connectivity index (χ4n) is 4.02. The lowest BCUT2D eigenvalue weighted by atomic mass is 9.71. The average molecular weight is 316 g/mol. The van der Waals surface area contributed by atoms with Gasteiger partial charge < -0.3 is 15.8 Å². The fraction of sp³-hybridized carbons (Fsp3) is 0.632. The van der Waals surface area contributed by atoms with Crippen LogP contribution in [-0.4, -0.2) is 25.6 Å². The maximum atomic E-state index is 12.4. The van der Waals surface area contributed by atoms with Crippen LogP contribution in [0.4, 0.5) is 0 Å². The van der Waals surface area contributed by atoms with Crippen molar-refractivity contribution >= 4 is 5.91 Å². The van der Waals surface area contributed by atoms with Crippen molar-refractivity contribution < 1.29 is 9.53 Å². The van der Waals surface area contributed by atoms with Gasteiger partial charge in [-0.1, -0.05) is 37.5 Å². The summed E-state index contributed by atoms with van der Waals surface area (Å²) in [6.07, 6.45) is 7.42. The van der Waals surface area contributed by atoms with E-state index in [9.17, 15) is 4.79 Å². The van der Waals surface area contributed by atoms with Crippen molar-refractivity contribution in [2.75, 3.05) is 19.7 Å². The van der Waals surface area contributed by atoms with Crippen LogP contribution in [0.3, 0.4) is 0 Å². The van der Waals surface area contributed by atoms with Crippen LogP contribution < -0.4 is 15.8 Å². The molecular formula is C19H28N2O2. The third kappa shape index (κ3) is 3.86. The molecule has 0 spiro atoms. The number of hydrogen-bond acceptors (Lipinski definition) is 3. The van der Waals surface area contributed by atoms with Crippen molar-refractivity contribution in [2.45, 2.75) is 50.9 Å². The molecule has 1 unspecified atom stereocenters. The lowest BCUT2D eigenvalue weighted by Crippen LogP contribution is -2.39. The van der Waals surface area contributed by atoms with Crippen molar-refractivity contribution in [1.82, 2.24) is 5.32 Å². The number of amides is 1. The van der Waals surface area contributed by atoms with Gasteiger partial charge in [0.1, 0.15) is 5.75 Å². The largest absolute Gasteiger partial charge is 0.493 e. The van der Waals surface area contributed by atoms with Gasteiger partial charge in [-0.3, -0.25) is 4.79 Å². The predicted molar refractivity (Wildman–Crippen MR) is 91.5 cm³/mol. The average Bonchev–Trinajstić information content (AvgIpc) is 2.60. The van der Waals surface area contributed by atoms with Crippen LogP contribution in [0.2, 0.25) is 0 Å². The zero-order valence-electron chi connectivity index (χ0n) is 13.9. The second-order valence-electron chi connectivity index (χ2n) is 7.12. The summed E-state index contributed by atoms with van der Waals surface area (Å²) in [5, 5.41) is 3.15. The van der Waals surface area contributed by atoms with Crippen molar-refractivity contribution in [1.29, 1.82) is 0 Å². The molecule has 0 radical (unpaired) electrons. The second kappa shape index (κ2) is 7.35. The highest BCUT2D eigenvalue weighted by Gasteiger charge is 2.33. The molecule has 3 N–H and O–H groups in total. The monoisotopic (exact) mass is 316 g/mol. The smallest absolute Gasteiger partial charge is 0.220 e. The van der Waals surface area contributed by atoms with Gasteiger partial charge in [0.25, 0.3) is 0 Å². The highest BCUT2D eigenvalue weighted by atomic mass is 16.5. The number of para-hydroxylation sites is 1. The topological polar surface area (TPSA) is 64.4 Å². The predicted octanol–water partition coefficient (Wildman–Crippen LogP) is 2.97. The fourth-order valence-corrected chi connectivity index (χ4v) is 4.02. The molecule has 1 atom stereocenters. The highest BCUT2D eigenvalue weighted by Crippen LogP contribution is 2.38. The number of carbonyl (C=O) groups is 1. The van der Waals surface area contributed by atoms with Gasteiger partial charge in [0.15, 0.2) is 0 Å². The van der Waals surface area contributed by atoms with Gasteiger partial charge in [-0.05, 0) is 42.9 Å². The minimum Gasteiger partial charge on any atom is -0.493 e. The molecule has 126 valence electrons. The molecule has 4 nitrogen and oxygen atoms in total. The van der Waals surface area contributed by atoms with Crippen molar-refractivity contribution in [3.05, 3.63) is 29.8 Å². The molecule has 1 fully saturated rings. The lowest BCUT2D eigenvalue weighted by Gasteiger charge is -2.36. The molecule has 0 aromatic heterocycles. The SMILES string of the molecule is NCC1(CC(=O)NCC2CCOc3ccccc32)CCCCC1. The highest BCUT2D eigenvalue weighted by molar-refractivity contribution is 5.76. The van der Waals surface area contributed by atoms with Crippen LogP contribution in [0.5, 0.6) is 5.75 Å². The Morgan fingerprint density at radius 3 is 2.83 bits per heavy atom. The maximum absolute atomic E-state index is 12.4. The zero-order valence-corrected chi connectivity index (χ0v) is 13.9. The third-order valence-electron chi connectivity index (χ3n) is 5.51. The van der Waals surface area contributed by atoms with Crippen LogP contribution in [-0.2, 0) is 4.79 Å².